The third kappa shape index (κ3) is 3.24. The van der Waals surface area contributed by atoms with E-state index in [1.54, 1.807) is 12.1 Å². The van der Waals surface area contributed by atoms with Crippen molar-refractivity contribution < 1.29 is 8.60 Å². The summed E-state index contributed by atoms with van der Waals surface area (Å²) in [5.41, 5.74) is 7.55. The number of hydrogen-bond donors (Lipinski definition) is 1. The van der Waals surface area contributed by atoms with Gasteiger partial charge in [-0.3, -0.25) is 4.21 Å². The summed E-state index contributed by atoms with van der Waals surface area (Å²) in [5.74, 6) is 0.0975. The van der Waals surface area contributed by atoms with E-state index in [0.29, 0.717) is 17.2 Å². The molecule has 0 aliphatic heterocycles. The molecule has 0 aromatic heterocycles. The van der Waals surface area contributed by atoms with Crippen molar-refractivity contribution in [2.24, 2.45) is 5.73 Å². The smallest absolute Gasteiger partial charge is 0.123 e. The van der Waals surface area contributed by atoms with Crippen LogP contribution in [0.2, 0.25) is 0 Å². The van der Waals surface area contributed by atoms with E-state index in [1.807, 2.05) is 24.3 Å². The molecule has 0 fully saturated rings. The fourth-order valence-corrected chi connectivity index (χ4v) is 2.76. The quantitative estimate of drug-likeness (QED) is 0.921. The van der Waals surface area contributed by atoms with Crippen molar-refractivity contribution >= 4 is 10.8 Å². The van der Waals surface area contributed by atoms with Crippen LogP contribution in [-0.4, -0.2) is 4.21 Å². The van der Waals surface area contributed by atoms with Crippen molar-refractivity contribution in [3.8, 4) is 0 Å². The van der Waals surface area contributed by atoms with E-state index in [4.69, 9.17) is 5.73 Å². The number of nitrogens with two attached hydrogens (primary N) is 1. The molecule has 2 rings (SSSR count). The lowest BCUT2D eigenvalue weighted by atomic mass is 10.1. The Hall–Kier alpha value is -1.52. The lowest BCUT2D eigenvalue weighted by Gasteiger charge is -2.04. The van der Waals surface area contributed by atoms with Crippen LogP contribution in [0, 0.1) is 5.82 Å². The molecule has 0 radical (unpaired) electrons. The molecule has 0 saturated heterocycles. The average molecular weight is 263 g/mol. The minimum absolute atomic E-state index is 0.319. The molecule has 0 aliphatic carbocycles. The van der Waals surface area contributed by atoms with Gasteiger partial charge in [-0.1, -0.05) is 24.3 Å². The summed E-state index contributed by atoms with van der Waals surface area (Å²) in [6, 6.07) is 13.5. The normalized spacial score (nSPS) is 12.3. The Morgan fingerprint density at radius 3 is 2.39 bits per heavy atom. The first-order chi connectivity index (χ1) is 8.69. The van der Waals surface area contributed by atoms with Gasteiger partial charge in [-0.25, -0.2) is 4.39 Å². The SMILES string of the molecule is NCc1cccc(CS(=O)c2ccc(F)cc2)c1. The Kier molecular flexibility index (Phi) is 4.23. The van der Waals surface area contributed by atoms with Crippen molar-refractivity contribution in [3.63, 3.8) is 0 Å². The maximum absolute atomic E-state index is 12.8. The van der Waals surface area contributed by atoms with Gasteiger partial charge in [0, 0.05) is 11.4 Å². The highest BCUT2D eigenvalue weighted by atomic mass is 32.2. The van der Waals surface area contributed by atoms with E-state index in [-0.39, 0.29) is 5.82 Å². The predicted octanol–water partition coefficient (Wildman–Crippen LogP) is 2.59. The Bertz CT molecular complexity index is 554. The van der Waals surface area contributed by atoms with Crippen molar-refractivity contribution in [2.45, 2.75) is 17.2 Å². The van der Waals surface area contributed by atoms with Gasteiger partial charge in [0.05, 0.1) is 16.6 Å². The van der Waals surface area contributed by atoms with Crippen molar-refractivity contribution in [3.05, 3.63) is 65.5 Å². The summed E-state index contributed by atoms with van der Waals surface area (Å²) in [7, 11) is -1.16. The molecule has 4 heteroatoms. The molecule has 2 N–H and O–H groups in total. The summed E-state index contributed by atoms with van der Waals surface area (Å²) in [5, 5.41) is 0. The topological polar surface area (TPSA) is 43.1 Å². The van der Waals surface area contributed by atoms with Crippen LogP contribution in [0.4, 0.5) is 4.39 Å². The molecule has 2 aromatic rings. The molecular formula is C14H14FNOS. The van der Waals surface area contributed by atoms with Gasteiger partial charge in [0.2, 0.25) is 0 Å². The molecule has 0 aliphatic rings. The van der Waals surface area contributed by atoms with Crippen LogP contribution < -0.4 is 5.73 Å². The zero-order valence-corrected chi connectivity index (χ0v) is 10.6. The summed E-state index contributed by atoms with van der Waals surface area (Å²) in [6.07, 6.45) is 0. The molecule has 0 saturated carbocycles. The van der Waals surface area contributed by atoms with Crippen LogP contribution in [0.1, 0.15) is 11.1 Å². The lowest BCUT2D eigenvalue weighted by Crippen LogP contribution is -2.00. The largest absolute Gasteiger partial charge is 0.326 e. The van der Waals surface area contributed by atoms with Crippen LogP contribution in [0.3, 0.4) is 0 Å². The van der Waals surface area contributed by atoms with E-state index >= 15 is 0 Å². The highest BCUT2D eigenvalue weighted by Gasteiger charge is 2.05. The van der Waals surface area contributed by atoms with Crippen LogP contribution in [-0.2, 0) is 23.1 Å². The second kappa shape index (κ2) is 5.89. The minimum Gasteiger partial charge on any atom is -0.326 e. The van der Waals surface area contributed by atoms with Gasteiger partial charge in [-0.15, -0.1) is 0 Å². The first-order valence-electron chi connectivity index (χ1n) is 5.61. The van der Waals surface area contributed by atoms with E-state index in [2.05, 4.69) is 0 Å². The lowest BCUT2D eigenvalue weighted by molar-refractivity contribution is 0.626. The molecule has 18 heavy (non-hydrogen) atoms. The van der Waals surface area contributed by atoms with Crippen LogP contribution >= 0.6 is 0 Å². The molecule has 0 amide bonds. The fraction of sp³-hybridized carbons (Fsp3) is 0.143. The third-order valence-electron chi connectivity index (χ3n) is 2.60. The summed E-state index contributed by atoms with van der Waals surface area (Å²) in [4.78, 5) is 0.634. The van der Waals surface area contributed by atoms with Gasteiger partial charge in [-0.2, -0.15) is 0 Å². The molecule has 1 atom stereocenters. The Morgan fingerprint density at radius 2 is 1.72 bits per heavy atom. The van der Waals surface area contributed by atoms with Crippen molar-refractivity contribution in [2.75, 3.05) is 0 Å². The molecule has 0 bridgehead atoms. The molecule has 94 valence electrons. The molecule has 2 nitrogen and oxygen atoms in total. The Labute approximate surface area is 108 Å². The van der Waals surface area contributed by atoms with Gasteiger partial charge in [0.15, 0.2) is 0 Å². The zero-order chi connectivity index (χ0) is 13.0. The molecular weight excluding hydrogens is 249 g/mol. The maximum atomic E-state index is 12.8. The van der Waals surface area contributed by atoms with Gasteiger partial charge in [0.1, 0.15) is 5.82 Å². The van der Waals surface area contributed by atoms with Crippen molar-refractivity contribution in [1.82, 2.24) is 0 Å². The molecule has 0 spiro atoms. The fourth-order valence-electron chi connectivity index (χ4n) is 1.67. The van der Waals surface area contributed by atoms with E-state index in [9.17, 15) is 8.60 Å². The molecule has 2 aromatic carbocycles. The number of hydrogen-bond acceptors (Lipinski definition) is 2. The zero-order valence-electron chi connectivity index (χ0n) is 9.80. The van der Waals surface area contributed by atoms with Crippen molar-refractivity contribution in [1.29, 1.82) is 0 Å². The summed E-state index contributed by atoms with van der Waals surface area (Å²) in [6.45, 7) is 0.469. The Balaban J connectivity index is 2.13. The van der Waals surface area contributed by atoms with Gasteiger partial charge in [-0.05, 0) is 35.4 Å². The monoisotopic (exact) mass is 263 g/mol. The standard InChI is InChI=1S/C14H14FNOS/c15-13-4-6-14(7-5-13)18(17)10-12-3-1-2-11(8-12)9-16/h1-8H,9-10,16H2. The second-order valence-corrected chi connectivity index (χ2v) is 5.42. The molecule has 1 unspecified atom stereocenters. The van der Waals surface area contributed by atoms with E-state index in [1.165, 1.54) is 12.1 Å². The van der Waals surface area contributed by atoms with Gasteiger partial charge < -0.3 is 5.73 Å². The number of rotatable bonds is 4. The van der Waals surface area contributed by atoms with Crippen LogP contribution in [0.5, 0.6) is 0 Å². The number of halogens is 1. The van der Waals surface area contributed by atoms with Crippen LogP contribution in [0.25, 0.3) is 0 Å². The predicted molar refractivity (Wildman–Crippen MR) is 70.8 cm³/mol. The highest BCUT2D eigenvalue weighted by Crippen LogP contribution is 2.14. The summed E-state index contributed by atoms with van der Waals surface area (Å²) >= 11 is 0. The highest BCUT2D eigenvalue weighted by molar-refractivity contribution is 7.84. The third-order valence-corrected chi connectivity index (χ3v) is 3.99. The first-order valence-corrected chi connectivity index (χ1v) is 6.93. The number of benzene rings is 2. The Morgan fingerprint density at radius 1 is 1.06 bits per heavy atom. The minimum atomic E-state index is -1.16. The second-order valence-electron chi connectivity index (χ2n) is 3.97. The van der Waals surface area contributed by atoms with E-state index in [0.717, 1.165) is 11.1 Å². The summed E-state index contributed by atoms with van der Waals surface area (Å²) < 4.78 is 24.8. The average Bonchev–Trinajstić information content (AvgIpc) is 2.39. The van der Waals surface area contributed by atoms with Gasteiger partial charge >= 0.3 is 0 Å². The molecule has 0 heterocycles. The van der Waals surface area contributed by atoms with E-state index < -0.39 is 10.8 Å². The van der Waals surface area contributed by atoms with Crippen LogP contribution in [0.15, 0.2) is 53.4 Å². The maximum Gasteiger partial charge on any atom is 0.123 e. The first kappa shape index (κ1) is 12.9. The van der Waals surface area contributed by atoms with Gasteiger partial charge in [0.25, 0.3) is 0 Å².